The number of hydrogen-bond donors (Lipinski definition) is 1. The maximum absolute atomic E-state index is 12.5. The predicted molar refractivity (Wildman–Crippen MR) is 90.9 cm³/mol. The molecule has 0 fully saturated rings. The van der Waals surface area contributed by atoms with Crippen molar-refractivity contribution in [2.24, 2.45) is 0 Å². The summed E-state index contributed by atoms with van der Waals surface area (Å²) in [6, 6.07) is 13.6. The first-order valence-electron chi connectivity index (χ1n) is 7.45. The van der Waals surface area contributed by atoms with Crippen LogP contribution in [0.15, 0.2) is 53.4 Å². The monoisotopic (exact) mass is 343 g/mol. The molecule has 0 saturated carbocycles. The van der Waals surface area contributed by atoms with Gasteiger partial charge in [0.1, 0.15) is 0 Å². The van der Waals surface area contributed by atoms with Gasteiger partial charge in [-0.15, -0.1) is 10.2 Å². The summed E-state index contributed by atoms with van der Waals surface area (Å²) in [5, 5.41) is 12.1. The third-order valence-electron chi connectivity index (χ3n) is 3.44. The van der Waals surface area contributed by atoms with E-state index in [2.05, 4.69) is 20.1 Å². The summed E-state index contributed by atoms with van der Waals surface area (Å²) in [5.74, 6) is 0.452. The van der Waals surface area contributed by atoms with Gasteiger partial charge in [0, 0.05) is 11.3 Å². The zero-order chi connectivity index (χ0) is 17.2. The molecule has 0 amide bonds. The van der Waals surface area contributed by atoms with E-state index in [1.165, 1.54) is 4.80 Å². The summed E-state index contributed by atoms with van der Waals surface area (Å²) in [6.45, 7) is 4.44. The average molecular weight is 343 g/mol. The Morgan fingerprint density at radius 2 is 1.88 bits per heavy atom. The summed E-state index contributed by atoms with van der Waals surface area (Å²) < 4.78 is 27.5. The Morgan fingerprint density at radius 3 is 2.54 bits per heavy atom. The molecule has 7 nitrogen and oxygen atoms in total. The molecule has 3 rings (SSSR count). The van der Waals surface area contributed by atoms with Crippen molar-refractivity contribution in [3.63, 3.8) is 0 Å². The Balaban J connectivity index is 1.87. The second kappa shape index (κ2) is 6.40. The van der Waals surface area contributed by atoms with Crippen molar-refractivity contribution < 1.29 is 8.42 Å². The Hall–Kier alpha value is -2.74. The first kappa shape index (κ1) is 16.1. The summed E-state index contributed by atoms with van der Waals surface area (Å²) in [4.78, 5) is 1.69. The van der Waals surface area contributed by atoms with Gasteiger partial charge in [0.25, 0.3) is 10.0 Å². The molecule has 0 aliphatic rings. The fourth-order valence-electron chi connectivity index (χ4n) is 2.15. The molecular formula is C16H17N5O2S. The molecule has 3 aromatic rings. The van der Waals surface area contributed by atoms with E-state index in [4.69, 9.17) is 0 Å². The highest BCUT2D eigenvalue weighted by Gasteiger charge is 2.14. The lowest BCUT2D eigenvalue weighted by atomic mass is 10.2. The highest BCUT2D eigenvalue weighted by molar-refractivity contribution is 7.92. The second-order valence-corrected chi connectivity index (χ2v) is 6.98. The van der Waals surface area contributed by atoms with Crippen LogP contribution in [0.4, 0.5) is 5.69 Å². The number of benzene rings is 2. The van der Waals surface area contributed by atoms with Crippen LogP contribution in [0, 0.1) is 6.92 Å². The molecule has 0 spiro atoms. The van der Waals surface area contributed by atoms with Crippen molar-refractivity contribution in [2.75, 3.05) is 4.72 Å². The highest BCUT2D eigenvalue weighted by Crippen LogP contribution is 2.21. The third kappa shape index (κ3) is 3.43. The van der Waals surface area contributed by atoms with Gasteiger partial charge in [-0.25, -0.2) is 8.42 Å². The number of anilines is 1. The van der Waals surface area contributed by atoms with Crippen LogP contribution in [0.3, 0.4) is 0 Å². The minimum atomic E-state index is -3.64. The minimum absolute atomic E-state index is 0.216. The number of sulfonamides is 1. The Morgan fingerprint density at radius 1 is 1.12 bits per heavy atom. The Labute approximate surface area is 140 Å². The quantitative estimate of drug-likeness (QED) is 0.768. The van der Waals surface area contributed by atoms with E-state index >= 15 is 0 Å². The van der Waals surface area contributed by atoms with Gasteiger partial charge >= 0.3 is 0 Å². The molecule has 0 radical (unpaired) electrons. The van der Waals surface area contributed by atoms with Crippen LogP contribution in [-0.4, -0.2) is 28.6 Å². The van der Waals surface area contributed by atoms with Crippen molar-refractivity contribution in [1.82, 2.24) is 20.2 Å². The van der Waals surface area contributed by atoms with Crippen LogP contribution in [0.1, 0.15) is 12.5 Å². The Bertz CT molecular complexity index is 949. The zero-order valence-electron chi connectivity index (χ0n) is 13.3. The molecule has 0 aliphatic carbocycles. The lowest BCUT2D eigenvalue weighted by molar-refractivity contribution is 0.553. The average Bonchev–Trinajstić information content (AvgIpc) is 3.04. The molecule has 1 heterocycles. The van der Waals surface area contributed by atoms with Crippen LogP contribution in [0.25, 0.3) is 11.4 Å². The first-order chi connectivity index (χ1) is 11.5. The lowest BCUT2D eigenvalue weighted by Crippen LogP contribution is -2.12. The number of nitrogens with one attached hydrogen (secondary N) is 1. The molecule has 0 aliphatic heterocycles. The van der Waals surface area contributed by atoms with Gasteiger partial charge in [0.05, 0.1) is 11.4 Å². The molecule has 24 heavy (non-hydrogen) atoms. The number of rotatable bonds is 5. The van der Waals surface area contributed by atoms with Gasteiger partial charge in [-0.05, 0) is 43.3 Å². The molecule has 1 aromatic heterocycles. The molecule has 124 valence electrons. The van der Waals surface area contributed by atoms with Crippen molar-refractivity contribution >= 4 is 15.7 Å². The topological polar surface area (TPSA) is 89.8 Å². The fourth-order valence-corrected chi connectivity index (χ4v) is 3.20. The molecule has 1 N–H and O–H groups in total. The number of aromatic nitrogens is 4. The SMILES string of the molecule is CCn1nnc(-c2cccc(NS(=O)(=O)c3ccc(C)cc3)c2)n1. The van der Waals surface area contributed by atoms with Crippen molar-refractivity contribution in [3.8, 4) is 11.4 Å². The third-order valence-corrected chi connectivity index (χ3v) is 4.84. The van der Waals surface area contributed by atoms with Crippen LogP contribution >= 0.6 is 0 Å². The zero-order valence-corrected chi connectivity index (χ0v) is 14.2. The van der Waals surface area contributed by atoms with E-state index in [1.54, 1.807) is 48.5 Å². The molecule has 8 heteroatoms. The fraction of sp³-hybridized carbons (Fsp3) is 0.188. The van der Waals surface area contributed by atoms with Gasteiger partial charge in [0.2, 0.25) is 5.82 Å². The summed E-state index contributed by atoms with van der Waals surface area (Å²) in [6.07, 6.45) is 0. The number of nitrogens with zero attached hydrogens (tertiary/aromatic N) is 4. The largest absolute Gasteiger partial charge is 0.280 e. The van der Waals surface area contributed by atoms with E-state index in [0.29, 0.717) is 23.6 Å². The van der Waals surface area contributed by atoms with Gasteiger partial charge in [-0.3, -0.25) is 4.72 Å². The molecule has 0 atom stereocenters. The standard InChI is InChI=1S/C16H17N5O2S/c1-3-21-18-16(17-20-21)13-5-4-6-14(11-13)19-24(22,23)15-9-7-12(2)8-10-15/h4-11,19H,3H2,1-2H3. The molecule has 0 unspecified atom stereocenters. The smallest absolute Gasteiger partial charge is 0.261 e. The minimum Gasteiger partial charge on any atom is -0.280 e. The summed E-state index contributed by atoms with van der Waals surface area (Å²) in [7, 11) is -3.64. The van der Waals surface area contributed by atoms with E-state index < -0.39 is 10.0 Å². The summed E-state index contributed by atoms with van der Waals surface area (Å²) in [5.41, 5.74) is 2.14. The normalized spacial score (nSPS) is 11.4. The van der Waals surface area contributed by atoms with E-state index in [9.17, 15) is 8.42 Å². The lowest BCUT2D eigenvalue weighted by Gasteiger charge is -2.09. The Kier molecular flexibility index (Phi) is 4.30. The number of aryl methyl sites for hydroxylation is 2. The van der Waals surface area contributed by atoms with Gasteiger partial charge < -0.3 is 0 Å². The molecule has 2 aromatic carbocycles. The predicted octanol–water partition coefficient (Wildman–Crippen LogP) is 2.47. The molecule has 0 saturated heterocycles. The van der Waals surface area contributed by atoms with E-state index in [-0.39, 0.29) is 4.90 Å². The first-order valence-corrected chi connectivity index (χ1v) is 8.94. The van der Waals surface area contributed by atoms with Crippen LogP contribution in [0.2, 0.25) is 0 Å². The highest BCUT2D eigenvalue weighted by atomic mass is 32.2. The summed E-state index contributed by atoms with van der Waals surface area (Å²) >= 11 is 0. The molecular weight excluding hydrogens is 326 g/mol. The van der Waals surface area contributed by atoms with Crippen molar-refractivity contribution in [2.45, 2.75) is 25.3 Å². The van der Waals surface area contributed by atoms with Crippen LogP contribution in [0.5, 0.6) is 0 Å². The maximum Gasteiger partial charge on any atom is 0.261 e. The van der Waals surface area contributed by atoms with Gasteiger partial charge in [-0.2, -0.15) is 4.80 Å². The van der Waals surface area contributed by atoms with Crippen molar-refractivity contribution in [3.05, 3.63) is 54.1 Å². The van der Waals surface area contributed by atoms with Gasteiger partial charge in [0.15, 0.2) is 0 Å². The van der Waals surface area contributed by atoms with E-state index in [0.717, 1.165) is 5.56 Å². The van der Waals surface area contributed by atoms with Crippen LogP contribution < -0.4 is 4.72 Å². The number of tetrazole rings is 1. The van der Waals surface area contributed by atoms with Crippen LogP contribution in [-0.2, 0) is 16.6 Å². The maximum atomic E-state index is 12.5. The number of hydrogen-bond acceptors (Lipinski definition) is 5. The van der Waals surface area contributed by atoms with Crippen molar-refractivity contribution in [1.29, 1.82) is 0 Å². The second-order valence-electron chi connectivity index (χ2n) is 5.30. The van der Waals surface area contributed by atoms with E-state index in [1.807, 2.05) is 13.8 Å². The van der Waals surface area contributed by atoms with Gasteiger partial charge in [-0.1, -0.05) is 29.8 Å². The molecule has 0 bridgehead atoms.